The van der Waals surface area contributed by atoms with E-state index < -0.39 is 0 Å². The third-order valence-corrected chi connectivity index (χ3v) is 2.39. The minimum absolute atomic E-state index is 0.0417. The van der Waals surface area contributed by atoms with Crippen molar-refractivity contribution in [3.63, 3.8) is 0 Å². The van der Waals surface area contributed by atoms with Crippen LogP contribution in [0.2, 0.25) is 0 Å². The lowest BCUT2D eigenvalue weighted by Gasteiger charge is -2.01. The fourth-order valence-corrected chi connectivity index (χ4v) is 1.27. The van der Waals surface area contributed by atoms with Crippen molar-refractivity contribution >= 4 is 0 Å². The molecule has 2 rings (SSSR count). The summed E-state index contributed by atoms with van der Waals surface area (Å²) in [6.07, 6.45) is 2.39. The van der Waals surface area contributed by atoms with Crippen LogP contribution in [-0.4, -0.2) is 10.1 Å². The Kier molecular flexibility index (Phi) is 2.07. The zero-order chi connectivity index (χ0) is 9.42. The molecule has 0 spiro atoms. The van der Waals surface area contributed by atoms with Crippen LogP contribution in [0.5, 0.6) is 0 Å². The number of rotatable bonds is 3. The Balaban J connectivity index is 2.11. The fraction of sp³-hybridized carbons (Fsp3) is 0.778. The molecule has 1 heterocycles. The van der Waals surface area contributed by atoms with E-state index in [9.17, 15) is 0 Å². The van der Waals surface area contributed by atoms with Crippen LogP contribution in [0.3, 0.4) is 0 Å². The maximum Gasteiger partial charge on any atom is 0.243 e. The molecule has 0 amide bonds. The Morgan fingerprint density at radius 3 is 2.62 bits per heavy atom. The van der Waals surface area contributed by atoms with Crippen LogP contribution >= 0.6 is 0 Å². The second-order valence-corrected chi connectivity index (χ2v) is 4.01. The van der Waals surface area contributed by atoms with E-state index >= 15 is 0 Å². The van der Waals surface area contributed by atoms with Gasteiger partial charge < -0.3 is 10.3 Å². The van der Waals surface area contributed by atoms with E-state index in [0.717, 1.165) is 5.82 Å². The summed E-state index contributed by atoms with van der Waals surface area (Å²) in [5.74, 6) is 2.24. The summed E-state index contributed by atoms with van der Waals surface area (Å²) in [5.41, 5.74) is 5.92. The molecule has 0 saturated heterocycles. The Labute approximate surface area is 77.5 Å². The van der Waals surface area contributed by atoms with E-state index in [1.807, 2.05) is 13.8 Å². The lowest BCUT2D eigenvalue weighted by atomic mass is 10.2. The molecule has 1 aliphatic rings. The molecule has 0 aliphatic heterocycles. The van der Waals surface area contributed by atoms with Crippen LogP contribution in [0.1, 0.15) is 50.4 Å². The fourth-order valence-electron chi connectivity index (χ4n) is 1.27. The van der Waals surface area contributed by atoms with Gasteiger partial charge in [0.15, 0.2) is 5.82 Å². The van der Waals surface area contributed by atoms with Crippen LogP contribution in [0, 0.1) is 5.92 Å². The summed E-state index contributed by atoms with van der Waals surface area (Å²) >= 11 is 0. The van der Waals surface area contributed by atoms with Gasteiger partial charge in [0.05, 0.1) is 6.04 Å². The number of hydrogen-bond acceptors (Lipinski definition) is 4. The molecular weight excluding hydrogens is 166 g/mol. The van der Waals surface area contributed by atoms with E-state index in [4.69, 9.17) is 10.3 Å². The zero-order valence-corrected chi connectivity index (χ0v) is 8.03. The maximum atomic E-state index is 5.92. The van der Waals surface area contributed by atoms with Gasteiger partial charge in [-0.2, -0.15) is 4.98 Å². The second kappa shape index (κ2) is 3.10. The predicted molar refractivity (Wildman–Crippen MR) is 48.0 cm³/mol. The lowest BCUT2D eigenvalue weighted by Crippen LogP contribution is -2.12. The molecule has 0 radical (unpaired) electrons. The number of nitrogens with zero attached hydrogens (tertiary/aromatic N) is 2. The van der Waals surface area contributed by atoms with E-state index in [2.05, 4.69) is 10.1 Å². The Morgan fingerprint density at radius 2 is 2.15 bits per heavy atom. The van der Waals surface area contributed by atoms with Gasteiger partial charge in [-0.3, -0.25) is 0 Å². The number of hydrogen-bond donors (Lipinski definition) is 1. The molecule has 0 aromatic carbocycles. The van der Waals surface area contributed by atoms with Gasteiger partial charge in [-0.15, -0.1) is 0 Å². The highest BCUT2D eigenvalue weighted by Crippen LogP contribution is 2.38. The van der Waals surface area contributed by atoms with Gasteiger partial charge in [-0.05, 0) is 18.8 Å². The van der Waals surface area contributed by atoms with Crippen molar-refractivity contribution in [2.24, 2.45) is 11.7 Å². The summed E-state index contributed by atoms with van der Waals surface area (Å²) in [5, 5.41) is 3.88. The van der Waals surface area contributed by atoms with Crippen LogP contribution in [0.25, 0.3) is 0 Å². The monoisotopic (exact) mass is 181 g/mol. The normalized spacial score (nSPS) is 19.4. The molecule has 72 valence electrons. The molecule has 1 unspecified atom stereocenters. The van der Waals surface area contributed by atoms with Crippen molar-refractivity contribution in [1.82, 2.24) is 10.1 Å². The smallest absolute Gasteiger partial charge is 0.243 e. The van der Waals surface area contributed by atoms with Crippen molar-refractivity contribution in [3.8, 4) is 0 Å². The molecule has 1 aliphatic carbocycles. The van der Waals surface area contributed by atoms with Crippen LogP contribution in [0.15, 0.2) is 4.52 Å². The van der Waals surface area contributed by atoms with E-state index in [1.165, 1.54) is 12.8 Å². The highest BCUT2D eigenvalue weighted by Gasteiger charge is 2.33. The van der Waals surface area contributed by atoms with Gasteiger partial charge in [-0.25, -0.2) is 0 Å². The largest absolute Gasteiger partial charge is 0.338 e. The van der Waals surface area contributed by atoms with Gasteiger partial charge >= 0.3 is 0 Å². The van der Waals surface area contributed by atoms with Crippen molar-refractivity contribution in [2.75, 3.05) is 0 Å². The Bertz CT molecular complexity index is 291. The van der Waals surface area contributed by atoms with Crippen molar-refractivity contribution in [1.29, 1.82) is 0 Å². The van der Waals surface area contributed by atoms with Crippen LogP contribution in [-0.2, 0) is 0 Å². The SMILES string of the molecule is CC(C)c1noc(C(N)C2CC2)n1. The highest BCUT2D eigenvalue weighted by atomic mass is 16.5. The Morgan fingerprint density at radius 1 is 1.46 bits per heavy atom. The van der Waals surface area contributed by atoms with Gasteiger partial charge in [0.1, 0.15) is 0 Å². The molecule has 1 atom stereocenters. The minimum atomic E-state index is -0.0417. The molecule has 0 bridgehead atoms. The summed E-state index contributed by atoms with van der Waals surface area (Å²) in [7, 11) is 0. The summed E-state index contributed by atoms with van der Waals surface area (Å²) in [6.45, 7) is 4.08. The third-order valence-electron chi connectivity index (χ3n) is 2.39. The summed E-state index contributed by atoms with van der Waals surface area (Å²) < 4.78 is 5.10. The molecule has 4 heteroatoms. The minimum Gasteiger partial charge on any atom is -0.338 e. The molecule has 1 fully saturated rings. The summed E-state index contributed by atoms with van der Waals surface area (Å²) in [6, 6.07) is -0.0417. The number of aromatic nitrogens is 2. The quantitative estimate of drug-likeness (QED) is 0.769. The topological polar surface area (TPSA) is 64.9 Å². The van der Waals surface area contributed by atoms with Crippen molar-refractivity contribution in [2.45, 2.75) is 38.6 Å². The molecule has 1 saturated carbocycles. The average Bonchev–Trinajstić information content (AvgIpc) is 2.81. The van der Waals surface area contributed by atoms with Crippen LogP contribution < -0.4 is 5.73 Å². The van der Waals surface area contributed by atoms with Crippen molar-refractivity contribution in [3.05, 3.63) is 11.7 Å². The lowest BCUT2D eigenvalue weighted by molar-refractivity contribution is 0.339. The molecule has 13 heavy (non-hydrogen) atoms. The summed E-state index contributed by atoms with van der Waals surface area (Å²) in [4.78, 5) is 4.27. The first-order chi connectivity index (χ1) is 6.18. The molecular formula is C9H15N3O. The van der Waals surface area contributed by atoms with Gasteiger partial charge in [0, 0.05) is 5.92 Å². The molecule has 1 aromatic heterocycles. The predicted octanol–water partition coefficient (Wildman–Crippen LogP) is 1.60. The Hall–Kier alpha value is -0.900. The van der Waals surface area contributed by atoms with Gasteiger partial charge in [0.25, 0.3) is 0 Å². The molecule has 4 nitrogen and oxygen atoms in total. The van der Waals surface area contributed by atoms with Gasteiger partial charge in [0.2, 0.25) is 5.89 Å². The van der Waals surface area contributed by atoms with Gasteiger partial charge in [-0.1, -0.05) is 19.0 Å². The first-order valence-electron chi connectivity index (χ1n) is 4.77. The number of nitrogens with two attached hydrogens (primary N) is 1. The van der Waals surface area contributed by atoms with Crippen LogP contribution in [0.4, 0.5) is 0 Å². The highest BCUT2D eigenvalue weighted by molar-refractivity contribution is 5.00. The second-order valence-electron chi connectivity index (χ2n) is 4.01. The average molecular weight is 181 g/mol. The standard InChI is InChI=1S/C9H15N3O/c1-5(2)8-11-9(13-12-8)7(10)6-3-4-6/h5-7H,3-4,10H2,1-2H3. The van der Waals surface area contributed by atoms with E-state index in [-0.39, 0.29) is 6.04 Å². The molecule has 1 aromatic rings. The van der Waals surface area contributed by atoms with Crippen molar-refractivity contribution < 1.29 is 4.52 Å². The van der Waals surface area contributed by atoms with E-state index in [1.54, 1.807) is 0 Å². The van der Waals surface area contributed by atoms with E-state index in [0.29, 0.717) is 17.7 Å². The molecule has 2 N–H and O–H groups in total. The first kappa shape index (κ1) is 8.69. The third kappa shape index (κ3) is 1.72. The maximum absolute atomic E-state index is 5.92. The first-order valence-corrected chi connectivity index (χ1v) is 4.77. The zero-order valence-electron chi connectivity index (χ0n) is 8.03.